The van der Waals surface area contributed by atoms with Gasteiger partial charge < -0.3 is 19.5 Å². The van der Waals surface area contributed by atoms with Gasteiger partial charge in [-0.05, 0) is 42.8 Å². The van der Waals surface area contributed by atoms with Crippen molar-refractivity contribution in [2.75, 3.05) is 26.1 Å². The highest BCUT2D eigenvalue weighted by atomic mass is 35.5. The Morgan fingerprint density at radius 2 is 1.75 bits per heavy atom. The van der Waals surface area contributed by atoms with Crippen LogP contribution in [-0.2, 0) is 4.79 Å². The van der Waals surface area contributed by atoms with Crippen molar-refractivity contribution < 1.29 is 19.0 Å². The molecule has 0 heterocycles. The Balaban J connectivity index is 2.41. The van der Waals surface area contributed by atoms with Gasteiger partial charge in [0.2, 0.25) is 5.75 Å². The molecule has 0 saturated carbocycles. The van der Waals surface area contributed by atoms with E-state index in [1.54, 1.807) is 30.3 Å². The Hall–Kier alpha value is -2.88. The van der Waals surface area contributed by atoms with E-state index in [1.165, 1.54) is 20.3 Å². The van der Waals surface area contributed by atoms with Crippen molar-refractivity contribution in [2.45, 2.75) is 6.92 Å². The molecule has 8 heteroatoms. The topological polar surface area (TPSA) is 80.6 Å². The molecule has 0 aliphatic carbocycles. The summed E-state index contributed by atoms with van der Waals surface area (Å²) >= 11 is 12.1. The number of methoxy groups -OCH3 is 2. The van der Waals surface area contributed by atoms with Gasteiger partial charge in [-0.1, -0.05) is 29.3 Å². The summed E-state index contributed by atoms with van der Waals surface area (Å²) in [5, 5.41) is 12.5. The molecule has 0 saturated heterocycles. The Labute approximate surface area is 173 Å². The van der Waals surface area contributed by atoms with Crippen molar-refractivity contribution in [3.8, 4) is 23.3 Å². The summed E-state index contributed by atoms with van der Waals surface area (Å²) in [5.74, 6) is 0.623. The number of ether oxygens (including phenoxy) is 3. The smallest absolute Gasteiger partial charge is 0.266 e. The van der Waals surface area contributed by atoms with Gasteiger partial charge in [-0.3, -0.25) is 4.79 Å². The summed E-state index contributed by atoms with van der Waals surface area (Å²) in [5.41, 5.74) is 0.609. The van der Waals surface area contributed by atoms with Gasteiger partial charge in [0, 0.05) is 0 Å². The molecule has 28 heavy (non-hydrogen) atoms. The summed E-state index contributed by atoms with van der Waals surface area (Å²) in [7, 11) is 2.98. The molecule has 0 radical (unpaired) electrons. The van der Waals surface area contributed by atoms with E-state index in [2.05, 4.69) is 5.32 Å². The van der Waals surface area contributed by atoms with Gasteiger partial charge in [0.05, 0.1) is 36.6 Å². The molecule has 2 rings (SSSR count). The number of hydrogen-bond acceptors (Lipinski definition) is 5. The second kappa shape index (κ2) is 9.88. The van der Waals surface area contributed by atoms with Gasteiger partial charge >= 0.3 is 0 Å². The molecule has 0 aromatic heterocycles. The molecule has 146 valence electrons. The molecule has 0 fully saturated rings. The molecule has 0 aliphatic heterocycles. The van der Waals surface area contributed by atoms with Crippen molar-refractivity contribution in [3.05, 3.63) is 51.5 Å². The highest BCUT2D eigenvalue weighted by molar-refractivity contribution is 6.40. The van der Waals surface area contributed by atoms with Crippen molar-refractivity contribution in [2.24, 2.45) is 0 Å². The Morgan fingerprint density at radius 3 is 2.21 bits per heavy atom. The van der Waals surface area contributed by atoms with E-state index >= 15 is 0 Å². The van der Waals surface area contributed by atoms with Gasteiger partial charge in [-0.2, -0.15) is 5.26 Å². The fourth-order valence-electron chi connectivity index (χ4n) is 2.38. The van der Waals surface area contributed by atoms with Crippen LogP contribution in [0, 0.1) is 11.3 Å². The zero-order chi connectivity index (χ0) is 20.7. The second-order valence-corrected chi connectivity index (χ2v) is 6.22. The summed E-state index contributed by atoms with van der Waals surface area (Å²) in [6, 6.07) is 9.97. The van der Waals surface area contributed by atoms with E-state index in [0.717, 1.165) is 0 Å². The van der Waals surface area contributed by atoms with Crippen molar-refractivity contribution in [1.29, 1.82) is 5.26 Å². The van der Waals surface area contributed by atoms with E-state index in [9.17, 15) is 10.1 Å². The average molecular weight is 421 g/mol. The first-order chi connectivity index (χ1) is 13.4. The maximum Gasteiger partial charge on any atom is 0.266 e. The van der Waals surface area contributed by atoms with Crippen molar-refractivity contribution in [3.63, 3.8) is 0 Å². The highest BCUT2D eigenvalue weighted by Crippen LogP contribution is 2.39. The number of hydrogen-bond donors (Lipinski definition) is 1. The van der Waals surface area contributed by atoms with Crippen LogP contribution in [0.15, 0.2) is 35.9 Å². The Morgan fingerprint density at radius 1 is 1.18 bits per heavy atom. The molecular formula is C20H18Cl2N2O4. The van der Waals surface area contributed by atoms with Crippen LogP contribution in [0.4, 0.5) is 5.69 Å². The van der Waals surface area contributed by atoms with Gasteiger partial charge in [0.25, 0.3) is 5.91 Å². The molecule has 2 aromatic rings. The number of nitrogens with one attached hydrogen (secondary N) is 1. The number of nitriles is 1. The second-order valence-electron chi connectivity index (χ2n) is 5.41. The van der Waals surface area contributed by atoms with E-state index in [0.29, 0.717) is 29.4 Å². The normalized spacial score (nSPS) is 10.8. The summed E-state index contributed by atoms with van der Waals surface area (Å²) in [6.45, 7) is 2.26. The SMILES string of the molecule is CCOc1c(OC)cc(C=C(C#N)C(=O)Nc2c(Cl)cccc2Cl)cc1OC. The molecule has 0 unspecified atom stereocenters. The summed E-state index contributed by atoms with van der Waals surface area (Å²) in [6.07, 6.45) is 1.40. The Bertz CT molecular complexity index is 906. The van der Waals surface area contributed by atoms with Crippen LogP contribution in [0.3, 0.4) is 0 Å². The summed E-state index contributed by atoms with van der Waals surface area (Å²) < 4.78 is 16.2. The lowest BCUT2D eigenvalue weighted by Crippen LogP contribution is -2.14. The van der Waals surface area contributed by atoms with E-state index in [4.69, 9.17) is 37.4 Å². The lowest BCUT2D eigenvalue weighted by Gasteiger charge is -2.14. The maximum atomic E-state index is 12.5. The minimum atomic E-state index is -0.649. The van der Waals surface area contributed by atoms with Crippen LogP contribution in [0.1, 0.15) is 12.5 Å². The molecule has 0 bridgehead atoms. The average Bonchev–Trinajstić information content (AvgIpc) is 2.69. The number of halogens is 2. The number of carbonyl (C=O) groups is 1. The predicted molar refractivity (Wildman–Crippen MR) is 109 cm³/mol. The minimum absolute atomic E-state index is 0.149. The van der Waals surface area contributed by atoms with Gasteiger partial charge in [-0.15, -0.1) is 0 Å². The first kappa shape index (κ1) is 21.4. The zero-order valence-electron chi connectivity index (χ0n) is 15.5. The monoisotopic (exact) mass is 420 g/mol. The van der Waals surface area contributed by atoms with Crippen LogP contribution >= 0.6 is 23.2 Å². The molecule has 0 spiro atoms. The third-order valence-electron chi connectivity index (χ3n) is 3.65. The van der Waals surface area contributed by atoms with Crippen LogP contribution in [0.5, 0.6) is 17.2 Å². The molecule has 0 atom stereocenters. The van der Waals surface area contributed by atoms with E-state index in [-0.39, 0.29) is 21.3 Å². The molecule has 1 amide bonds. The standard InChI is InChI=1S/C20H18Cl2N2O4/c1-4-28-19-16(26-2)9-12(10-17(19)27-3)8-13(11-23)20(25)24-18-14(21)6-5-7-15(18)22/h5-10H,4H2,1-3H3,(H,24,25). The zero-order valence-corrected chi connectivity index (χ0v) is 17.0. The molecule has 2 aromatic carbocycles. The van der Waals surface area contributed by atoms with Crippen LogP contribution in [0.25, 0.3) is 6.08 Å². The van der Waals surface area contributed by atoms with Crippen LogP contribution < -0.4 is 19.5 Å². The van der Waals surface area contributed by atoms with Gasteiger partial charge in [0.15, 0.2) is 11.5 Å². The van der Waals surface area contributed by atoms with E-state index in [1.807, 2.05) is 13.0 Å². The van der Waals surface area contributed by atoms with Crippen LogP contribution in [-0.4, -0.2) is 26.7 Å². The first-order valence-corrected chi connectivity index (χ1v) is 8.96. The largest absolute Gasteiger partial charge is 0.493 e. The number of rotatable bonds is 7. The van der Waals surface area contributed by atoms with Crippen molar-refractivity contribution >= 4 is 40.9 Å². The number of para-hydroxylation sites is 1. The third kappa shape index (κ3) is 4.89. The predicted octanol–water partition coefficient (Wildman–Crippen LogP) is 4.95. The maximum absolute atomic E-state index is 12.5. The first-order valence-electron chi connectivity index (χ1n) is 8.21. The molecule has 1 N–H and O–H groups in total. The number of amides is 1. The third-order valence-corrected chi connectivity index (χ3v) is 4.28. The number of carbonyl (C=O) groups excluding carboxylic acids is 1. The molecular weight excluding hydrogens is 403 g/mol. The number of anilines is 1. The fourth-order valence-corrected chi connectivity index (χ4v) is 2.88. The van der Waals surface area contributed by atoms with E-state index < -0.39 is 5.91 Å². The number of nitrogens with zero attached hydrogens (tertiary/aromatic N) is 1. The fraction of sp³-hybridized carbons (Fsp3) is 0.200. The van der Waals surface area contributed by atoms with Crippen molar-refractivity contribution in [1.82, 2.24) is 0 Å². The highest BCUT2D eigenvalue weighted by Gasteiger charge is 2.17. The molecule has 0 aliphatic rings. The van der Waals surface area contributed by atoms with Gasteiger partial charge in [-0.25, -0.2) is 0 Å². The minimum Gasteiger partial charge on any atom is -0.493 e. The quantitative estimate of drug-likeness (QED) is 0.505. The van der Waals surface area contributed by atoms with Gasteiger partial charge in [0.1, 0.15) is 11.6 Å². The Kier molecular flexibility index (Phi) is 7.56. The summed E-state index contributed by atoms with van der Waals surface area (Å²) in [4.78, 5) is 12.5. The lowest BCUT2D eigenvalue weighted by molar-refractivity contribution is -0.112. The number of benzene rings is 2. The van der Waals surface area contributed by atoms with Crippen LogP contribution in [0.2, 0.25) is 10.0 Å². The molecule has 6 nitrogen and oxygen atoms in total. The lowest BCUT2D eigenvalue weighted by atomic mass is 10.1.